The highest BCUT2D eigenvalue weighted by Crippen LogP contribution is 2.43. The highest BCUT2D eigenvalue weighted by atomic mass is 16.5. The zero-order valence-corrected chi connectivity index (χ0v) is 13.1. The minimum absolute atomic E-state index is 0.0424. The maximum atomic E-state index is 12.7. The second-order valence-electron chi connectivity index (χ2n) is 5.92. The molecule has 0 radical (unpaired) electrons. The number of amides is 1. The number of likely N-dealkylation sites (tertiary alicyclic amines) is 1. The Hall–Kier alpha value is -1.84. The molecule has 0 unspecified atom stereocenters. The molecule has 0 bridgehead atoms. The molecule has 1 aromatic rings. The second-order valence-corrected chi connectivity index (χ2v) is 5.92. The summed E-state index contributed by atoms with van der Waals surface area (Å²) in [5.74, 6) is -0.566. The third-order valence-corrected chi connectivity index (χ3v) is 4.66. The lowest BCUT2D eigenvalue weighted by atomic mass is 9.78. The van der Waals surface area contributed by atoms with Crippen LogP contribution < -0.4 is 0 Å². The van der Waals surface area contributed by atoms with E-state index < -0.39 is 5.41 Å². The van der Waals surface area contributed by atoms with Crippen LogP contribution in [0.1, 0.15) is 38.8 Å². The normalized spacial score (nSPS) is 26.8. The molecule has 114 valence electrons. The average molecular weight is 289 g/mol. The first-order valence-corrected chi connectivity index (χ1v) is 7.39. The Labute approximate surface area is 126 Å². The number of nitrogens with zero attached hydrogens (tertiary/aromatic N) is 1. The van der Waals surface area contributed by atoms with E-state index in [1.165, 1.54) is 7.11 Å². The Morgan fingerprint density at radius 1 is 1.43 bits per heavy atom. The molecule has 4 nitrogen and oxygen atoms in total. The van der Waals surface area contributed by atoms with Crippen molar-refractivity contribution in [3.05, 3.63) is 35.9 Å². The lowest BCUT2D eigenvalue weighted by molar-refractivity contribution is -0.154. The molecule has 0 N–H and O–H groups in total. The van der Waals surface area contributed by atoms with Gasteiger partial charge in [0.05, 0.1) is 24.5 Å². The van der Waals surface area contributed by atoms with Gasteiger partial charge in [0.1, 0.15) is 0 Å². The van der Waals surface area contributed by atoms with Gasteiger partial charge in [-0.2, -0.15) is 0 Å². The second kappa shape index (κ2) is 5.88. The van der Waals surface area contributed by atoms with Crippen LogP contribution in [0.2, 0.25) is 0 Å². The Kier molecular flexibility index (Phi) is 4.35. The molecule has 1 fully saturated rings. The van der Waals surface area contributed by atoms with Crippen molar-refractivity contribution >= 4 is 11.9 Å². The molecule has 1 aromatic carbocycles. The summed E-state index contributed by atoms with van der Waals surface area (Å²) >= 11 is 0. The largest absolute Gasteiger partial charge is 0.469 e. The van der Waals surface area contributed by atoms with Gasteiger partial charge >= 0.3 is 5.97 Å². The van der Waals surface area contributed by atoms with E-state index in [0.717, 1.165) is 5.56 Å². The first kappa shape index (κ1) is 15.5. The van der Waals surface area contributed by atoms with E-state index in [9.17, 15) is 9.59 Å². The Morgan fingerprint density at radius 2 is 2.05 bits per heavy atom. The van der Waals surface area contributed by atoms with Crippen molar-refractivity contribution in [1.29, 1.82) is 0 Å². The minimum atomic E-state index is -0.760. The van der Waals surface area contributed by atoms with Crippen LogP contribution in [-0.4, -0.2) is 30.4 Å². The summed E-state index contributed by atoms with van der Waals surface area (Å²) in [6.45, 7) is 6.19. The van der Waals surface area contributed by atoms with Gasteiger partial charge in [-0.3, -0.25) is 9.59 Å². The lowest BCUT2D eigenvalue weighted by Crippen LogP contribution is -2.37. The van der Waals surface area contributed by atoms with Crippen molar-refractivity contribution in [3.63, 3.8) is 0 Å². The third kappa shape index (κ3) is 2.55. The first-order valence-electron chi connectivity index (χ1n) is 7.39. The van der Waals surface area contributed by atoms with E-state index in [1.807, 2.05) is 51.1 Å². The topological polar surface area (TPSA) is 46.6 Å². The standard InChI is InChI=1S/C17H23NO3/c1-5-14-15(19)18(11-17(14,3)16(20)21-4)12(2)13-9-7-6-8-10-13/h6-10,12,14H,5,11H2,1-4H3/t12-,14-,17+/m1/s1. The fraction of sp³-hybridized carbons (Fsp3) is 0.529. The van der Waals surface area contributed by atoms with Crippen LogP contribution in [0.5, 0.6) is 0 Å². The molecule has 0 saturated carbocycles. The summed E-state index contributed by atoms with van der Waals surface area (Å²) in [5.41, 5.74) is 0.318. The maximum Gasteiger partial charge on any atom is 0.314 e. The Bertz CT molecular complexity index is 528. The number of hydrogen-bond acceptors (Lipinski definition) is 3. The summed E-state index contributed by atoms with van der Waals surface area (Å²) < 4.78 is 4.93. The highest BCUT2D eigenvalue weighted by molar-refractivity contribution is 5.91. The molecule has 1 amide bonds. The number of carbonyl (C=O) groups is 2. The van der Waals surface area contributed by atoms with Crippen LogP contribution in [0.25, 0.3) is 0 Å². The smallest absolute Gasteiger partial charge is 0.314 e. The monoisotopic (exact) mass is 289 g/mol. The van der Waals surface area contributed by atoms with E-state index in [-0.39, 0.29) is 23.8 Å². The van der Waals surface area contributed by atoms with Crippen LogP contribution >= 0.6 is 0 Å². The van der Waals surface area contributed by atoms with Crippen molar-refractivity contribution in [2.24, 2.45) is 11.3 Å². The SMILES string of the molecule is CC[C@@H]1C(=O)N([C@H](C)c2ccccc2)C[C@]1(C)C(=O)OC. The lowest BCUT2D eigenvalue weighted by Gasteiger charge is -2.27. The van der Waals surface area contributed by atoms with Crippen molar-refractivity contribution in [3.8, 4) is 0 Å². The van der Waals surface area contributed by atoms with E-state index in [4.69, 9.17) is 4.74 Å². The Balaban J connectivity index is 2.31. The van der Waals surface area contributed by atoms with Gasteiger partial charge in [-0.25, -0.2) is 0 Å². The first-order chi connectivity index (χ1) is 9.95. The fourth-order valence-electron chi connectivity index (χ4n) is 3.32. The van der Waals surface area contributed by atoms with Crippen molar-refractivity contribution < 1.29 is 14.3 Å². The quantitative estimate of drug-likeness (QED) is 0.801. The van der Waals surface area contributed by atoms with Gasteiger partial charge in [0, 0.05) is 6.54 Å². The van der Waals surface area contributed by atoms with Gasteiger partial charge in [-0.15, -0.1) is 0 Å². The molecule has 4 heteroatoms. The van der Waals surface area contributed by atoms with Gasteiger partial charge in [-0.05, 0) is 25.8 Å². The van der Waals surface area contributed by atoms with Crippen LogP contribution in [0.3, 0.4) is 0 Å². The van der Waals surface area contributed by atoms with Gasteiger partial charge in [0.15, 0.2) is 0 Å². The number of esters is 1. The number of hydrogen-bond donors (Lipinski definition) is 0. The number of benzene rings is 1. The number of carbonyl (C=O) groups excluding carboxylic acids is 2. The van der Waals surface area contributed by atoms with E-state index in [1.54, 1.807) is 4.90 Å². The van der Waals surface area contributed by atoms with E-state index in [0.29, 0.717) is 13.0 Å². The van der Waals surface area contributed by atoms with E-state index >= 15 is 0 Å². The molecule has 1 heterocycles. The number of ether oxygens (including phenoxy) is 1. The van der Waals surface area contributed by atoms with Crippen molar-refractivity contribution in [2.45, 2.75) is 33.2 Å². The van der Waals surface area contributed by atoms with Crippen LogP contribution in [0, 0.1) is 11.3 Å². The minimum Gasteiger partial charge on any atom is -0.469 e. The van der Waals surface area contributed by atoms with Gasteiger partial charge in [0.25, 0.3) is 0 Å². The molecule has 1 aliphatic heterocycles. The molecule has 1 saturated heterocycles. The summed E-state index contributed by atoms with van der Waals surface area (Å²) in [6, 6.07) is 9.85. The van der Waals surface area contributed by atoms with Crippen molar-refractivity contribution in [2.75, 3.05) is 13.7 Å². The van der Waals surface area contributed by atoms with Gasteiger partial charge < -0.3 is 9.64 Å². The molecule has 0 aliphatic carbocycles. The third-order valence-electron chi connectivity index (χ3n) is 4.66. The summed E-state index contributed by atoms with van der Waals surface area (Å²) in [4.78, 5) is 26.7. The molecular formula is C17H23NO3. The molecule has 0 spiro atoms. The van der Waals surface area contributed by atoms with Crippen molar-refractivity contribution in [1.82, 2.24) is 4.90 Å². The van der Waals surface area contributed by atoms with E-state index in [2.05, 4.69) is 0 Å². The maximum absolute atomic E-state index is 12.7. The highest BCUT2D eigenvalue weighted by Gasteiger charge is 2.54. The molecule has 2 rings (SSSR count). The van der Waals surface area contributed by atoms with Crippen LogP contribution in [-0.2, 0) is 14.3 Å². The summed E-state index contributed by atoms with van der Waals surface area (Å²) in [7, 11) is 1.38. The summed E-state index contributed by atoms with van der Waals surface area (Å²) in [6.07, 6.45) is 0.641. The molecule has 0 aromatic heterocycles. The van der Waals surface area contributed by atoms with Crippen LogP contribution in [0.15, 0.2) is 30.3 Å². The molecule has 1 aliphatic rings. The molecular weight excluding hydrogens is 266 g/mol. The molecule has 21 heavy (non-hydrogen) atoms. The zero-order chi connectivity index (χ0) is 15.6. The number of methoxy groups -OCH3 is 1. The van der Waals surface area contributed by atoms with Crippen LogP contribution in [0.4, 0.5) is 0 Å². The Morgan fingerprint density at radius 3 is 2.57 bits per heavy atom. The predicted molar refractivity (Wildman–Crippen MR) is 80.5 cm³/mol. The summed E-state index contributed by atoms with van der Waals surface area (Å²) in [5, 5.41) is 0. The predicted octanol–water partition coefficient (Wildman–Crippen LogP) is 2.80. The fourth-order valence-corrected chi connectivity index (χ4v) is 3.32. The average Bonchev–Trinajstić information content (AvgIpc) is 2.78. The molecule has 3 atom stereocenters. The van der Waals surface area contributed by atoms with Gasteiger partial charge in [-0.1, -0.05) is 37.3 Å². The number of rotatable bonds is 4. The van der Waals surface area contributed by atoms with Gasteiger partial charge in [0.2, 0.25) is 5.91 Å². The zero-order valence-electron chi connectivity index (χ0n) is 13.1.